The molecule has 1 aliphatic rings. The first-order valence-electron chi connectivity index (χ1n) is 5.02. The molecule has 1 atom stereocenters. The minimum absolute atomic E-state index is 0.236. The summed E-state index contributed by atoms with van der Waals surface area (Å²) >= 11 is 0. The Labute approximate surface area is 78.4 Å². The second kappa shape index (κ2) is 3.50. The van der Waals surface area contributed by atoms with Gasteiger partial charge in [0, 0.05) is 18.7 Å². The van der Waals surface area contributed by atoms with E-state index in [0.29, 0.717) is 0 Å². The second-order valence-corrected chi connectivity index (χ2v) is 3.66. The van der Waals surface area contributed by atoms with Crippen LogP contribution in [0.1, 0.15) is 37.2 Å². The Morgan fingerprint density at radius 1 is 1.69 bits per heavy atom. The van der Waals surface area contributed by atoms with Gasteiger partial charge in [-0.3, -0.25) is 0 Å². The molecule has 13 heavy (non-hydrogen) atoms. The van der Waals surface area contributed by atoms with Gasteiger partial charge in [-0.2, -0.15) is 0 Å². The third-order valence-corrected chi connectivity index (χ3v) is 2.76. The van der Waals surface area contributed by atoms with E-state index in [1.165, 1.54) is 0 Å². The molecule has 1 unspecified atom stereocenters. The van der Waals surface area contributed by atoms with E-state index in [9.17, 15) is 0 Å². The number of rotatable bonds is 2. The second-order valence-electron chi connectivity index (χ2n) is 3.66. The van der Waals surface area contributed by atoms with Gasteiger partial charge in [-0.15, -0.1) is 0 Å². The molecule has 2 rings (SSSR count). The molecule has 0 spiro atoms. The van der Waals surface area contributed by atoms with Crippen LogP contribution in [0.2, 0.25) is 0 Å². The highest BCUT2D eigenvalue weighted by molar-refractivity contribution is 5.10. The smallest absolute Gasteiger partial charge is 0.114 e. The lowest BCUT2D eigenvalue weighted by Crippen LogP contribution is -2.18. The highest BCUT2D eigenvalue weighted by atomic mass is 16.3. The molecule has 0 bridgehead atoms. The normalized spacial score (nSPS) is 21.5. The van der Waals surface area contributed by atoms with Crippen LogP contribution >= 0.6 is 0 Å². The van der Waals surface area contributed by atoms with Crippen LogP contribution < -0.4 is 0 Å². The topological polar surface area (TPSA) is 38.0 Å². The maximum Gasteiger partial charge on any atom is 0.114 e. The Bertz CT molecular complexity index is 293. The van der Waals surface area contributed by atoms with Crippen LogP contribution in [0.3, 0.4) is 0 Å². The van der Waals surface area contributed by atoms with Crippen LogP contribution in [0.15, 0.2) is 6.20 Å². The summed E-state index contributed by atoms with van der Waals surface area (Å²) in [6, 6.07) is 0. The molecule has 1 aliphatic heterocycles. The van der Waals surface area contributed by atoms with Gasteiger partial charge in [-0.25, -0.2) is 4.98 Å². The Balaban J connectivity index is 2.32. The van der Waals surface area contributed by atoms with Crippen molar-refractivity contribution in [1.82, 2.24) is 9.55 Å². The van der Waals surface area contributed by atoms with Crippen molar-refractivity contribution < 1.29 is 5.11 Å². The van der Waals surface area contributed by atoms with Crippen molar-refractivity contribution in [3.8, 4) is 0 Å². The Morgan fingerprint density at radius 2 is 2.54 bits per heavy atom. The number of hydrogen-bond acceptors (Lipinski definition) is 2. The Kier molecular flexibility index (Phi) is 2.36. The average Bonchev–Trinajstić information content (AvgIpc) is 2.59. The molecule has 0 saturated carbocycles. The van der Waals surface area contributed by atoms with Gasteiger partial charge in [0.05, 0.1) is 12.3 Å². The van der Waals surface area contributed by atoms with E-state index in [-0.39, 0.29) is 12.5 Å². The number of aliphatic hydroxyl groups is 1. The molecule has 1 aromatic rings. The third-order valence-electron chi connectivity index (χ3n) is 2.76. The summed E-state index contributed by atoms with van der Waals surface area (Å²) in [7, 11) is 0. The van der Waals surface area contributed by atoms with Crippen molar-refractivity contribution in [2.24, 2.45) is 0 Å². The first-order chi connectivity index (χ1) is 6.35. The SMILES string of the molecule is CCc1cn2c(n1)C(CO)CCC2. The summed E-state index contributed by atoms with van der Waals surface area (Å²) < 4.78 is 2.20. The monoisotopic (exact) mass is 180 g/mol. The lowest BCUT2D eigenvalue weighted by molar-refractivity contribution is 0.238. The summed E-state index contributed by atoms with van der Waals surface area (Å²) in [5.74, 6) is 1.36. The van der Waals surface area contributed by atoms with Gasteiger partial charge in [0.1, 0.15) is 5.82 Å². The van der Waals surface area contributed by atoms with Gasteiger partial charge < -0.3 is 9.67 Å². The van der Waals surface area contributed by atoms with Crippen molar-refractivity contribution in [3.05, 3.63) is 17.7 Å². The molecule has 0 aromatic carbocycles. The van der Waals surface area contributed by atoms with Gasteiger partial charge in [0.25, 0.3) is 0 Å². The van der Waals surface area contributed by atoms with Crippen molar-refractivity contribution >= 4 is 0 Å². The summed E-state index contributed by atoms with van der Waals surface area (Å²) in [6.45, 7) is 3.42. The highest BCUT2D eigenvalue weighted by Gasteiger charge is 2.21. The summed E-state index contributed by atoms with van der Waals surface area (Å²) in [5, 5.41) is 9.17. The fourth-order valence-electron chi connectivity index (χ4n) is 1.97. The van der Waals surface area contributed by atoms with Crippen molar-refractivity contribution in [1.29, 1.82) is 0 Å². The summed E-state index contributed by atoms with van der Waals surface area (Å²) in [6.07, 6.45) is 5.35. The lowest BCUT2D eigenvalue weighted by Gasteiger charge is -2.21. The predicted octanol–water partition coefficient (Wildman–Crippen LogP) is 1.32. The maximum atomic E-state index is 9.17. The number of fused-ring (bicyclic) bond motifs is 1. The molecule has 0 amide bonds. The third kappa shape index (κ3) is 1.48. The molecule has 1 N–H and O–H groups in total. The first-order valence-corrected chi connectivity index (χ1v) is 5.02. The lowest BCUT2D eigenvalue weighted by atomic mass is 10.0. The van der Waals surface area contributed by atoms with E-state index < -0.39 is 0 Å². The molecule has 3 nitrogen and oxygen atoms in total. The van der Waals surface area contributed by atoms with Crippen molar-refractivity contribution in [2.75, 3.05) is 6.61 Å². The molecule has 2 heterocycles. The Morgan fingerprint density at radius 3 is 3.23 bits per heavy atom. The molecule has 72 valence electrons. The summed E-state index contributed by atoms with van der Waals surface area (Å²) in [5.41, 5.74) is 1.15. The van der Waals surface area contributed by atoms with Crippen LogP contribution in [0.25, 0.3) is 0 Å². The van der Waals surface area contributed by atoms with Gasteiger partial charge in [-0.1, -0.05) is 6.92 Å². The van der Waals surface area contributed by atoms with Gasteiger partial charge in [0.15, 0.2) is 0 Å². The average molecular weight is 180 g/mol. The largest absolute Gasteiger partial charge is 0.396 e. The number of aliphatic hydroxyl groups excluding tert-OH is 1. The van der Waals surface area contributed by atoms with Crippen LogP contribution in [0.5, 0.6) is 0 Å². The van der Waals surface area contributed by atoms with Gasteiger partial charge in [-0.05, 0) is 19.3 Å². The van der Waals surface area contributed by atoms with E-state index in [0.717, 1.165) is 37.3 Å². The minimum Gasteiger partial charge on any atom is -0.396 e. The highest BCUT2D eigenvalue weighted by Crippen LogP contribution is 2.25. The predicted molar refractivity (Wildman–Crippen MR) is 50.7 cm³/mol. The van der Waals surface area contributed by atoms with Crippen molar-refractivity contribution in [2.45, 2.75) is 38.6 Å². The number of aryl methyl sites for hydroxylation is 2. The van der Waals surface area contributed by atoms with E-state index >= 15 is 0 Å². The van der Waals surface area contributed by atoms with Crippen LogP contribution in [-0.4, -0.2) is 21.3 Å². The van der Waals surface area contributed by atoms with Gasteiger partial charge >= 0.3 is 0 Å². The zero-order chi connectivity index (χ0) is 9.26. The van der Waals surface area contributed by atoms with E-state index in [4.69, 9.17) is 5.11 Å². The van der Waals surface area contributed by atoms with E-state index in [1.54, 1.807) is 0 Å². The zero-order valence-electron chi connectivity index (χ0n) is 8.03. The number of imidazole rings is 1. The first kappa shape index (κ1) is 8.75. The Hall–Kier alpha value is -0.830. The molecule has 0 aliphatic carbocycles. The molecular weight excluding hydrogens is 164 g/mol. The summed E-state index contributed by atoms with van der Waals surface area (Å²) in [4.78, 5) is 4.52. The quantitative estimate of drug-likeness (QED) is 0.745. The van der Waals surface area contributed by atoms with Crippen LogP contribution in [-0.2, 0) is 13.0 Å². The van der Waals surface area contributed by atoms with E-state index in [1.807, 2.05) is 0 Å². The number of aromatic nitrogens is 2. The van der Waals surface area contributed by atoms with Gasteiger partial charge in [0.2, 0.25) is 0 Å². The standard InChI is InChI=1S/C10H16N2O/c1-2-9-6-12-5-3-4-8(7-13)10(12)11-9/h6,8,13H,2-5,7H2,1H3. The van der Waals surface area contributed by atoms with E-state index in [2.05, 4.69) is 22.7 Å². The van der Waals surface area contributed by atoms with Crippen LogP contribution in [0, 0.1) is 0 Å². The molecule has 0 radical (unpaired) electrons. The number of hydrogen-bond donors (Lipinski definition) is 1. The molecule has 0 fully saturated rings. The number of nitrogens with zero attached hydrogens (tertiary/aromatic N) is 2. The molecule has 1 aromatic heterocycles. The fourth-order valence-corrected chi connectivity index (χ4v) is 1.97. The maximum absolute atomic E-state index is 9.17. The van der Waals surface area contributed by atoms with Crippen LogP contribution in [0.4, 0.5) is 0 Å². The van der Waals surface area contributed by atoms with Crippen molar-refractivity contribution in [3.63, 3.8) is 0 Å². The minimum atomic E-state index is 0.236. The zero-order valence-corrected chi connectivity index (χ0v) is 8.03. The fraction of sp³-hybridized carbons (Fsp3) is 0.700. The molecule has 0 saturated heterocycles. The molecular formula is C10H16N2O. The molecule has 3 heteroatoms.